The molecule has 0 nitrogen and oxygen atoms in total. The van der Waals surface area contributed by atoms with E-state index in [-0.39, 0.29) is 32.7 Å². The standard InChI is InChI=1S/2C10H15.C7H13.Y/c2*1-6-7(2)9(4)10(5)8(6)3;1-4-5-6-7(2)3;/h2*1-5H3;6H,1,4-5H2,2-3H3;/q;;-1;. The molecule has 0 unspecified atom stereocenters. The van der Waals surface area contributed by atoms with Gasteiger partial charge in [-0.1, -0.05) is 87.3 Å². The van der Waals surface area contributed by atoms with Crippen LogP contribution in [0.4, 0.5) is 0 Å². The third kappa shape index (κ3) is 8.92. The summed E-state index contributed by atoms with van der Waals surface area (Å²) in [6.45, 7) is 29.9. The molecule has 0 atom stereocenters. The van der Waals surface area contributed by atoms with Gasteiger partial charge in [-0.3, -0.25) is 0 Å². The van der Waals surface area contributed by atoms with Gasteiger partial charge < -0.3 is 6.92 Å². The van der Waals surface area contributed by atoms with Crippen LogP contribution in [0.1, 0.15) is 95.9 Å². The number of unbranched alkanes of at least 4 members (excludes halogenated alkanes) is 1. The first-order chi connectivity index (χ1) is 12.4. The number of hydrogen-bond donors (Lipinski definition) is 0. The van der Waals surface area contributed by atoms with Crippen LogP contribution >= 0.6 is 0 Å². The van der Waals surface area contributed by atoms with Gasteiger partial charge in [-0.2, -0.15) is 6.42 Å². The summed E-state index contributed by atoms with van der Waals surface area (Å²) in [4.78, 5) is 0. The Balaban J connectivity index is 0. The van der Waals surface area contributed by atoms with E-state index in [1.54, 1.807) is 0 Å². The van der Waals surface area contributed by atoms with E-state index in [9.17, 15) is 0 Å². The van der Waals surface area contributed by atoms with Gasteiger partial charge in [0.2, 0.25) is 0 Å². The third-order valence-corrected chi connectivity index (χ3v) is 6.38. The molecule has 11 radical (unpaired) electrons. The molecule has 0 aromatic carbocycles. The van der Waals surface area contributed by atoms with Gasteiger partial charge in [-0.25, -0.2) is 0 Å². The van der Waals surface area contributed by atoms with Crippen molar-refractivity contribution < 1.29 is 32.7 Å². The van der Waals surface area contributed by atoms with Gasteiger partial charge in [0.1, 0.15) is 0 Å². The molecule has 2 aliphatic carbocycles. The third-order valence-electron chi connectivity index (χ3n) is 6.38. The molecule has 2 aliphatic rings. The first-order valence-corrected chi connectivity index (χ1v) is 10.2. The molecule has 0 amide bonds. The second-order valence-corrected chi connectivity index (χ2v) is 8.17. The van der Waals surface area contributed by atoms with Crippen LogP contribution in [0.15, 0.2) is 11.6 Å². The average Bonchev–Trinajstić information content (AvgIpc) is 2.91. The fraction of sp³-hybridized carbons (Fsp3) is 0.519. The molecule has 0 aromatic rings. The Morgan fingerprint density at radius 1 is 0.536 bits per heavy atom. The van der Waals surface area contributed by atoms with Crippen molar-refractivity contribution in [2.24, 2.45) is 0 Å². The maximum absolute atomic E-state index is 3.71. The van der Waals surface area contributed by atoms with Gasteiger partial charge in [0, 0.05) is 32.7 Å². The molecule has 0 bridgehead atoms. The number of allylic oxidation sites excluding steroid dienone is 2. The van der Waals surface area contributed by atoms with Gasteiger partial charge >= 0.3 is 0 Å². The van der Waals surface area contributed by atoms with Gasteiger partial charge in [0.25, 0.3) is 0 Å². The molecule has 0 aromatic heterocycles. The normalized spacial score (nSPS) is 22.5. The monoisotopic (exact) mass is 456 g/mol. The topological polar surface area (TPSA) is 0 Å². The Kier molecular flexibility index (Phi) is 16.4. The van der Waals surface area contributed by atoms with Crippen molar-refractivity contribution in [3.05, 3.63) is 77.8 Å². The molecule has 1 heteroatoms. The first kappa shape index (κ1) is 31.0. The van der Waals surface area contributed by atoms with Crippen LogP contribution in [0.5, 0.6) is 0 Å². The maximum Gasteiger partial charge on any atom is 0 e. The van der Waals surface area contributed by atoms with Crippen molar-refractivity contribution in [3.63, 3.8) is 0 Å². The van der Waals surface area contributed by atoms with Crippen molar-refractivity contribution in [2.75, 3.05) is 0 Å². The van der Waals surface area contributed by atoms with Crippen molar-refractivity contribution in [1.82, 2.24) is 0 Å². The van der Waals surface area contributed by atoms with Crippen molar-refractivity contribution in [1.29, 1.82) is 0 Å². The Morgan fingerprint density at radius 2 is 0.714 bits per heavy atom. The van der Waals surface area contributed by atoms with Gasteiger partial charge in [0.05, 0.1) is 0 Å². The minimum Gasteiger partial charge on any atom is -0.343 e. The second-order valence-electron chi connectivity index (χ2n) is 8.17. The van der Waals surface area contributed by atoms with Crippen molar-refractivity contribution in [2.45, 2.75) is 95.9 Å². The van der Waals surface area contributed by atoms with Crippen LogP contribution in [0.2, 0.25) is 0 Å². The molecule has 0 saturated heterocycles. The molecule has 0 spiro atoms. The summed E-state index contributed by atoms with van der Waals surface area (Å²) in [7, 11) is 0. The fourth-order valence-electron chi connectivity index (χ4n) is 3.20. The SMILES string of the molecule is C[C]1[C](C)[C](C)[C](C)[C]1C.C[C]1[C](C)[C](C)[C](C)[C]1C.[CH2-]CCC=C(C)C.[Y]. The average molecular weight is 457 g/mol. The Hall–Kier alpha value is 0.844. The molecular weight excluding hydrogens is 413 g/mol. The predicted octanol–water partition coefficient (Wildman–Crippen LogP) is 8.51. The largest absolute Gasteiger partial charge is 0.343 e. The summed E-state index contributed by atoms with van der Waals surface area (Å²) < 4.78 is 0. The maximum atomic E-state index is 3.71. The molecule has 0 N–H and O–H groups in total. The van der Waals surface area contributed by atoms with Crippen molar-refractivity contribution >= 4 is 0 Å². The molecule has 155 valence electrons. The summed E-state index contributed by atoms with van der Waals surface area (Å²) in [5, 5.41) is 0. The van der Waals surface area contributed by atoms with Crippen molar-refractivity contribution in [3.8, 4) is 0 Å². The van der Waals surface area contributed by atoms with Crippen LogP contribution in [0.25, 0.3) is 0 Å². The number of rotatable bonds is 2. The minimum absolute atomic E-state index is 0. The van der Waals surface area contributed by atoms with E-state index in [1.165, 1.54) is 64.8 Å². The van der Waals surface area contributed by atoms with E-state index in [2.05, 4.69) is 96.1 Å². The summed E-state index contributed by atoms with van der Waals surface area (Å²) in [5.41, 5.74) is 1.39. The smallest absolute Gasteiger partial charge is 0 e. The minimum atomic E-state index is 0. The zero-order valence-electron chi connectivity index (χ0n) is 20.8. The molecule has 0 aliphatic heterocycles. The molecule has 2 saturated carbocycles. The predicted molar refractivity (Wildman–Crippen MR) is 123 cm³/mol. The molecule has 2 rings (SSSR count). The Bertz CT molecular complexity index is 302. The zero-order chi connectivity index (χ0) is 21.5. The van der Waals surface area contributed by atoms with Gasteiger partial charge in [-0.05, 0) is 73.0 Å². The zero-order valence-corrected chi connectivity index (χ0v) is 23.6. The molecule has 0 heterocycles. The van der Waals surface area contributed by atoms with Crippen LogP contribution in [-0.4, -0.2) is 0 Å². The van der Waals surface area contributed by atoms with E-state index in [0.29, 0.717) is 0 Å². The first-order valence-electron chi connectivity index (χ1n) is 10.2. The Morgan fingerprint density at radius 3 is 0.786 bits per heavy atom. The van der Waals surface area contributed by atoms with E-state index in [0.717, 1.165) is 12.8 Å². The second kappa shape index (κ2) is 14.8. The summed E-state index contributed by atoms with van der Waals surface area (Å²) in [6, 6.07) is 0. The fourth-order valence-corrected chi connectivity index (χ4v) is 3.20. The molecular formula is C27H43Y-. The van der Waals surface area contributed by atoms with E-state index in [4.69, 9.17) is 0 Å². The molecule has 28 heavy (non-hydrogen) atoms. The van der Waals surface area contributed by atoms with Crippen LogP contribution in [-0.2, 0) is 32.7 Å². The quantitative estimate of drug-likeness (QED) is 0.289. The summed E-state index contributed by atoms with van der Waals surface area (Å²) in [6.07, 6.45) is 4.35. The van der Waals surface area contributed by atoms with E-state index in [1.807, 2.05) is 0 Å². The van der Waals surface area contributed by atoms with Crippen LogP contribution in [0, 0.1) is 66.1 Å². The van der Waals surface area contributed by atoms with Gasteiger partial charge in [0.15, 0.2) is 0 Å². The summed E-state index contributed by atoms with van der Waals surface area (Å²) >= 11 is 0. The van der Waals surface area contributed by atoms with E-state index < -0.39 is 0 Å². The van der Waals surface area contributed by atoms with Crippen LogP contribution in [0.3, 0.4) is 0 Å². The Labute approximate surface area is 205 Å². The summed E-state index contributed by atoms with van der Waals surface area (Å²) in [5.74, 6) is 14.7. The molecule has 2 fully saturated rings. The van der Waals surface area contributed by atoms with Crippen LogP contribution < -0.4 is 0 Å². The number of hydrogen-bond acceptors (Lipinski definition) is 0. The van der Waals surface area contributed by atoms with E-state index >= 15 is 0 Å². The van der Waals surface area contributed by atoms with Gasteiger partial charge in [-0.15, -0.1) is 0 Å².